The average Bonchev–Trinajstić information content (AvgIpc) is 1.60. The van der Waals surface area contributed by atoms with Crippen LogP contribution in [0.4, 0.5) is 0 Å². The average molecular weight is 1400 g/mol. The Hall–Kier alpha value is -6.77. The monoisotopic (exact) mass is 1400 g/mol. The first-order valence-electron chi connectivity index (χ1n) is 32.4. The van der Waals surface area contributed by atoms with Crippen LogP contribution in [0.1, 0.15) is 73.9 Å². The molecule has 0 amide bonds. The standard InChI is InChI=1S/C30H28BNO2.C21H13ClN4.C13H10.C9H5Cl2N3.C4H8O.C4H9O.K.Na.H/c1-29(2)30(3,4)34-31(33-29)23-15-17-24(18-16-23)32-27-13-9-8-12-25(27)26-20-22(14-19-28(26)32)21-10-6-5-7-11-21;22-20-23-19(14-8-2-1-3-9-14)24-21(25-20)26-17-12-6-4-10-15(17)16-11-5-7-13-18(16)26;1-3-7-12-10(5-1)9-11-6-2-4-8-13(11)12;10-8-12-7(13-9(11)14-8)6-4-2-1-3-5-6;1-2-4-5-3-1;1-4(2,3)5;;;/h5-20H,1-4H3;1-13H;1-8H,9H2;1-5H;1-4H2;1-3H3;;;/q;;;;;-1;2*+1;-1. The summed E-state index contributed by atoms with van der Waals surface area (Å²) in [6.07, 6.45) is 3.66. The molecule has 99 heavy (non-hydrogen) atoms. The van der Waals surface area contributed by atoms with E-state index < -0.39 is 5.60 Å². The molecular weight excluding hydrogens is 1330 g/mol. The maximum absolute atomic E-state index is 10.1. The number of hydrogen-bond donors (Lipinski definition) is 0. The van der Waals surface area contributed by atoms with Crippen LogP contribution in [0.25, 0.3) is 100 Å². The quantitative estimate of drug-likeness (QED) is 0.148. The van der Waals surface area contributed by atoms with Crippen molar-refractivity contribution in [1.29, 1.82) is 0 Å². The van der Waals surface area contributed by atoms with Gasteiger partial charge in [0, 0.05) is 51.6 Å². The van der Waals surface area contributed by atoms with Crippen molar-refractivity contribution in [3.8, 4) is 56.7 Å². The van der Waals surface area contributed by atoms with E-state index >= 15 is 0 Å². The molecule has 18 heteroatoms. The van der Waals surface area contributed by atoms with Crippen LogP contribution < -0.4 is 91.5 Å². The molecule has 1 aliphatic carbocycles. The number of aromatic nitrogens is 8. The van der Waals surface area contributed by atoms with E-state index in [9.17, 15) is 5.11 Å². The first-order valence-corrected chi connectivity index (χ1v) is 33.6. The second-order valence-electron chi connectivity index (χ2n) is 25.6. The van der Waals surface area contributed by atoms with Gasteiger partial charge in [0.1, 0.15) is 0 Å². The largest absolute Gasteiger partial charge is 1.00 e. The minimum atomic E-state index is -0.750. The van der Waals surface area contributed by atoms with Crippen LogP contribution in [0.2, 0.25) is 15.9 Å². The number of ether oxygens (including phenoxy) is 1. The first-order chi connectivity index (χ1) is 46.9. The Morgan fingerprint density at radius 1 is 0.424 bits per heavy atom. The molecule has 0 bridgehead atoms. The molecule has 4 aromatic heterocycles. The molecule has 0 radical (unpaired) electrons. The number of fused-ring (bicyclic) bond motifs is 9. The van der Waals surface area contributed by atoms with Gasteiger partial charge < -0.3 is 25.1 Å². The minimum Gasteiger partial charge on any atom is -1.00 e. The van der Waals surface area contributed by atoms with Crippen molar-refractivity contribution in [1.82, 2.24) is 39.0 Å². The van der Waals surface area contributed by atoms with Gasteiger partial charge in [-0.2, -0.15) is 29.9 Å². The zero-order chi connectivity index (χ0) is 67.7. The molecule has 2 aliphatic heterocycles. The third kappa shape index (κ3) is 18.3. The summed E-state index contributed by atoms with van der Waals surface area (Å²) in [6, 6.07) is 87.5. The van der Waals surface area contributed by atoms with E-state index in [0.29, 0.717) is 17.6 Å². The van der Waals surface area contributed by atoms with Crippen LogP contribution in [0.15, 0.2) is 255 Å². The van der Waals surface area contributed by atoms with Gasteiger partial charge in [0.15, 0.2) is 11.6 Å². The van der Waals surface area contributed by atoms with Gasteiger partial charge in [-0.3, -0.25) is 4.57 Å². The Morgan fingerprint density at radius 3 is 1.27 bits per heavy atom. The fourth-order valence-electron chi connectivity index (χ4n) is 11.7. The fourth-order valence-corrected chi connectivity index (χ4v) is 12.3. The fraction of sp³-hybridized carbons (Fsp3) is 0.185. The minimum absolute atomic E-state index is 0. The zero-order valence-electron chi connectivity index (χ0n) is 58.2. The molecular formula is C81H74BCl3KN8NaO4. The van der Waals surface area contributed by atoms with Crippen molar-refractivity contribution >= 4 is 91.0 Å². The number of nitrogens with zero attached hydrogens (tertiary/aromatic N) is 8. The molecule has 0 unspecified atom stereocenters. The van der Waals surface area contributed by atoms with E-state index in [1.165, 1.54) is 68.0 Å². The molecule has 2 fully saturated rings. The second kappa shape index (κ2) is 33.8. The van der Waals surface area contributed by atoms with E-state index in [1.54, 1.807) is 20.8 Å². The Bertz CT molecular complexity index is 4880. The van der Waals surface area contributed by atoms with Crippen molar-refractivity contribution in [2.75, 3.05) is 13.2 Å². The molecule has 488 valence electrons. The van der Waals surface area contributed by atoms with Crippen LogP contribution in [0.3, 0.4) is 0 Å². The third-order valence-electron chi connectivity index (χ3n) is 17.0. The normalized spacial score (nSPS) is 13.7. The number of hydrogen-bond acceptors (Lipinski definition) is 10. The smallest absolute Gasteiger partial charge is 1.00 e. The summed E-state index contributed by atoms with van der Waals surface area (Å²) < 4.78 is 21.8. The summed E-state index contributed by atoms with van der Waals surface area (Å²) in [5.74, 6) is 1.55. The predicted molar refractivity (Wildman–Crippen MR) is 397 cm³/mol. The van der Waals surface area contributed by atoms with Crippen molar-refractivity contribution in [2.24, 2.45) is 0 Å². The SMILES string of the molecule is C1CCOC1.CC(C)(C)[O-].CC1(C)OB(c2ccc(-n3c4ccccc4c4cc(-c5ccccc5)ccc43)cc2)OC1(C)C.Clc1nc(-c2ccccc2)nc(-n2c3ccccc3c3ccccc32)n1.Clc1nc(Cl)nc(-c2ccccc2)n1.[H-].[K+].[Na+].c1ccc2c(c1)Cc1ccccc1-2. The molecule has 17 rings (SSSR count). The van der Waals surface area contributed by atoms with Crippen molar-refractivity contribution in [3.05, 3.63) is 282 Å². The molecule has 0 spiro atoms. The van der Waals surface area contributed by atoms with Crippen LogP contribution in [-0.4, -0.2) is 76.2 Å². The summed E-state index contributed by atoms with van der Waals surface area (Å²) in [6.45, 7) is 15.2. The first kappa shape index (κ1) is 74.9. The van der Waals surface area contributed by atoms with E-state index in [1.807, 2.05) is 89.5 Å². The molecule has 12 nitrogen and oxygen atoms in total. The van der Waals surface area contributed by atoms with Gasteiger partial charge >= 0.3 is 88.1 Å². The van der Waals surface area contributed by atoms with Gasteiger partial charge in [0.05, 0.1) is 33.3 Å². The van der Waals surface area contributed by atoms with Crippen LogP contribution in [-0.2, 0) is 20.5 Å². The van der Waals surface area contributed by atoms with E-state index in [2.05, 4.69) is 227 Å². The summed E-state index contributed by atoms with van der Waals surface area (Å²) in [4.78, 5) is 25.0. The Labute approximate surface area is 660 Å². The zero-order valence-corrected chi connectivity index (χ0v) is 64.6. The number of benzene rings is 10. The van der Waals surface area contributed by atoms with Crippen LogP contribution in [0, 0.1) is 0 Å². The summed E-state index contributed by atoms with van der Waals surface area (Å²) in [7, 11) is -0.356. The molecule has 10 aromatic carbocycles. The van der Waals surface area contributed by atoms with Gasteiger partial charge in [-0.25, -0.2) is 0 Å². The maximum atomic E-state index is 10.1. The summed E-state index contributed by atoms with van der Waals surface area (Å²) in [5.41, 5.74) is 15.2. The Balaban J connectivity index is 0.000000155. The van der Waals surface area contributed by atoms with Crippen molar-refractivity contribution < 1.29 is 102 Å². The van der Waals surface area contributed by atoms with Crippen LogP contribution in [0.5, 0.6) is 0 Å². The van der Waals surface area contributed by atoms with Crippen LogP contribution >= 0.6 is 34.8 Å². The topological polar surface area (TPSA) is 138 Å². The van der Waals surface area contributed by atoms with Gasteiger partial charge in [-0.05, 0) is 163 Å². The molecule has 0 atom stereocenters. The Kier molecular flexibility index (Phi) is 25.6. The van der Waals surface area contributed by atoms with Crippen molar-refractivity contribution in [3.63, 3.8) is 0 Å². The summed E-state index contributed by atoms with van der Waals surface area (Å²) >= 11 is 17.6. The van der Waals surface area contributed by atoms with E-state index in [4.69, 9.17) is 53.8 Å². The Morgan fingerprint density at radius 2 is 0.808 bits per heavy atom. The third-order valence-corrected chi connectivity index (χ3v) is 17.5. The molecule has 3 aliphatic rings. The van der Waals surface area contributed by atoms with E-state index in [-0.39, 0.29) is 117 Å². The molecule has 14 aromatic rings. The van der Waals surface area contributed by atoms with Gasteiger partial charge in [-0.15, -0.1) is 5.60 Å². The maximum Gasteiger partial charge on any atom is 1.00 e. The molecule has 0 saturated carbocycles. The molecule has 0 N–H and O–H groups in total. The second-order valence-corrected chi connectivity index (χ2v) is 26.6. The van der Waals surface area contributed by atoms with Crippen molar-refractivity contribution in [2.45, 2.75) is 84.5 Å². The van der Waals surface area contributed by atoms with Gasteiger partial charge in [0.2, 0.25) is 21.8 Å². The molecule has 6 heterocycles. The predicted octanol–water partition coefficient (Wildman–Crippen LogP) is 13.2. The molecule has 2 saturated heterocycles. The van der Waals surface area contributed by atoms with Gasteiger partial charge in [-0.1, -0.05) is 233 Å². The van der Waals surface area contributed by atoms with Gasteiger partial charge in [0.25, 0.3) is 0 Å². The summed E-state index contributed by atoms with van der Waals surface area (Å²) in [5, 5.41) is 15.3. The number of halogens is 3. The van der Waals surface area contributed by atoms with E-state index in [0.717, 1.165) is 63.7 Å². The number of rotatable bonds is 6. The number of para-hydroxylation sites is 3.